The van der Waals surface area contributed by atoms with Crippen LogP contribution in [0, 0.1) is 12.7 Å². The van der Waals surface area contributed by atoms with Gasteiger partial charge in [-0.2, -0.15) is 5.10 Å². The first-order valence-electron chi connectivity index (χ1n) is 7.30. The van der Waals surface area contributed by atoms with Crippen molar-refractivity contribution in [1.82, 2.24) is 15.1 Å². The summed E-state index contributed by atoms with van der Waals surface area (Å²) < 4.78 is 14.8. The molecule has 2 N–H and O–H groups in total. The predicted molar refractivity (Wildman–Crippen MR) is 81.5 cm³/mol. The van der Waals surface area contributed by atoms with Crippen LogP contribution >= 0.6 is 0 Å². The number of hydrogen-bond donors (Lipinski definition) is 2. The third-order valence-electron chi connectivity index (χ3n) is 3.41. The van der Waals surface area contributed by atoms with Crippen molar-refractivity contribution in [2.45, 2.75) is 32.8 Å². The largest absolute Gasteiger partial charge is 0.393 e. The van der Waals surface area contributed by atoms with Crippen molar-refractivity contribution in [3.63, 3.8) is 0 Å². The Morgan fingerprint density at radius 3 is 2.91 bits per heavy atom. The van der Waals surface area contributed by atoms with Crippen LogP contribution in [0.25, 0.3) is 5.69 Å². The van der Waals surface area contributed by atoms with Gasteiger partial charge in [-0.1, -0.05) is 13.0 Å². The van der Waals surface area contributed by atoms with Gasteiger partial charge in [-0.3, -0.25) is 4.79 Å². The Morgan fingerprint density at radius 1 is 1.45 bits per heavy atom. The van der Waals surface area contributed by atoms with Gasteiger partial charge in [-0.15, -0.1) is 0 Å². The lowest BCUT2D eigenvalue weighted by atomic mass is 10.2. The normalized spacial score (nSPS) is 12.2. The molecule has 1 aromatic carbocycles. The quantitative estimate of drug-likeness (QED) is 0.860. The van der Waals surface area contributed by atoms with Crippen LogP contribution in [-0.4, -0.2) is 33.4 Å². The number of carbonyl (C=O) groups is 1. The molecule has 1 heterocycles. The number of carbonyl (C=O) groups excluding carboxylic acids is 1. The molecule has 1 aromatic heterocycles. The number of aliphatic hydroxyl groups is 1. The van der Waals surface area contributed by atoms with E-state index in [0.29, 0.717) is 25.1 Å². The molecular weight excluding hydrogens is 285 g/mol. The van der Waals surface area contributed by atoms with Gasteiger partial charge in [-0.05, 0) is 44.0 Å². The summed E-state index contributed by atoms with van der Waals surface area (Å²) in [6, 6.07) is 7.69. The Kier molecular flexibility index (Phi) is 5.27. The third kappa shape index (κ3) is 3.92. The smallest absolute Gasteiger partial charge is 0.271 e. The van der Waals surface area contributed by atoms with Gasteiger partial charge in [0.1, 0.15) is 5.82 Å². The van der Waals surface area contributed by atoms with E-state index < -0.39 is 6.10 Å². The van der Waals surface area contributed by atoms with E-state index in [1.54, 1.807) is 25.1 Å². The molecular formula is C16H20FN3O2. The number of aliphatic hydroxyl groups excluding tert-OH is 1. The van der Waals surface area contributed by atoms with Crippen molar-refractivity contribution in [2.75, 3.05) is 6.54 Å². The monoisotopic (exact) mass is 305 g/mol. The van der Waals surface area contributed by atoms with E-state index in [4.69, 9.17) is 0 Å². The zero-order valence-corrected chi connectivity index (χ0v) is 12.7. The van der Waals surface area contributed by atoms with Gasteiger partial charge >= 0.3 is 0 Å². The van der Waals surface area contributed by atoms with Crippen molar-refractivity contribution in [3.8, 4) is 5.69 Å². The Labute approximate surface area is 128 Å². The molecule has 0 saturated heterocycles. The summed E-state index contributed by atoms with van der Waals surface area (Å²) in [6.45, 7) is 4.08. The second kappa shape index (κ2) is 7.17. The van der Waals surface area contributed by atoms with Crippen molar-refractivity contribution in [1.29, 1.82) is 0 Å². The Morgan fingerprint density at radius 2 is 2.23 bits per heavy atom. The summed E-state index contributed by atoms with van der Waals surface area (Å²) in [4.78, 5) is 12.0. The van der Waals surface area contributed by atoms with E-state index >= 15 is 0 Å². The van der Waals surface area contributed by atoms with E-state index in [0.717, 1.165) is 5.69 Å². The molecule has 0 bridgehead atoms. The molecule has 6 heteroatoms. The molecule has 1 amide bonds. The van der Waals surface area contributed by atoms with Crippen LogP contribution in [0.3, 0.4) is 0 Å². The molecule has 0 aliphatic heterocycles. The maximum Gasteiger partial charge on any atom is 0.271 e. The Bertz CT molecular complexity index is 655. The molecule has 0 radical (unpaired) electrons. The molecule has 0 spiro atoms. The standard InChI is InChI=1S/C16H20FN3O2/c1-3-14(21)7-8-18-16(22)15-9-11(2)20(19-15)13-6-4-5-12(17)10-13/h4-6,9-10,14,21H,3,7-8H2,1-2H3,(H,18,22). The van der Waals surface area contributed by atoms with Gasteiger partial charge < -0.3 is 10.4 Å². The fraction of sp³-hybridized carbons (Fsp3) is 0.375. The summed E-state index contributed by atoms with van der Waals surface area (Å²) in [5.74, 6) is -0.659. The van der Waals surface area contributed by atoms with Gasteiger partial charge in [0.05, 0.1) is 11.8 Å². The van der Waals surface area contributed by atoms with Crippen molar-refractivity contribution >= 4 is 5.91 Å². The van der Waals surface area contributed by atoms with Crippen LogP contribution in [0.15, 0.2) is 30.3 Å². The molecule has 2 rings (SSSR count). The highest BCUT2D eigenvalue weighted by atomic mass is 19.1. The summed E-state index contributed by atoms with van der Waals surface area (Å²) in [5.41, 5.74) is 1.58. The SMILES string of the molecule is CCC(O)CCNC(=O)c1cc(C)n(-c2cccc(F)c2)n1. The number of rotatable bonds is 6. The first kappa shape index (κ1) is 16.2. The maximum atomic E-state index is 13.3. The van der Waals surface area contributed by atoms with Crippen LogP contribution in [0.2, 0.25) is 0 Å². The molecule has 0 saturated carbocycles. The molecule has 0 fully saturated rings. The minimum Gasteiger partial charge on any atom is -0.393 e. The minimum atomic E-state index is -0.410. The van der Waals surface area contributed by atoms with Crippen LogP contribution in [-0.2, 0) is 0 Å². The highest BCUT2D eigenvalue weighted by Gasteiger charge is 2.13. The average molecular weight is 305 g/mol. The van der Waals surface area contributed by atoms with Gasteiger partial charge in [0.2, 0.25) is 0 Å². The highest BCUT2D eigenvalue weighted by molar-refractivity contribution is 5.92. The molecule has 1 unspecified atom stereocenters. The lowest BCUT2D eigenvalue weighted by molar-refractivity contribution is 0.0936. The lowest BCUT2D eigenvalue weighted by Gasteiger charge is -2.07. The first-order valence-corrected chi connectivity index (χ1v) is 7.30. The number of benzene rings is 1. The molecule has 22 heavy (non-hydrogen) atoms. The predicted octanol–water partition coefficient (Wildman–Crippen LogP) is 2.21. The summed E-state index contributed by atoms with van der Waals surface area (Å²) in [5, 5.41) is 16.4. The molecule has 118 valence electrons. The van der Waals surface area contributed by atoms with Gasteiger partial charge in [0, 0.05) is 12.2 Å². The van der Waals surface area contributed by atoms with Crippen LogP contribution in [0.5, 0.6) is 0 Å². The van der Waals surface area contributed by atoms with Crippen LogP contribution in [0.1, 0.15) is 35.9 Å². The fourth-order valence-corrected chi connectivity index (χ4v) is 2.10. The number of aromatic nitrogens is 2. The van der Waals surface area contributed by atoms with E-state index in [1.807, 2.05) is 6.92 Å². The van der Waals surface area contributed by atoms with Gasteiger partial charge in [-0.25, -0.2) is 9.07 Å². The lowest BCUT2D eigenvalue weighted by Crippen LogP contribution is -2.27. The topological polar surface area (TPSA) is 67.2 Å². The second-order valence-electron chi connectivity index (χ2n) is 5.17. The number of nitrogens with zero attached hydrogens (tertiary/aromatic N) is 2. The number of hydrogen-bond acceptors (Lipinski definition) is 3. The average Bonchev–Trinajstić information content (AvgIpc) is 2.89. The van der Waals surface area contributed by atoms with Gasteiger partial charge in [0.25, 0.3) is 5.91 Å². The molecule has 5 nitrogen and oxygen atoms in total. The number of aryl methyl sites for hydroxylation is 1. The third-order valence-corrected chi connectivity index (χ3v) is 3.41. The minimum absolute atomic E-state index is 0.271. The van der Waals surface area contributed by atoms with Crippen molar-refractivity contribution in [3.05, 3.63) is 47.5 Å². The second-order valence-corrected chi connectivity index (χ2v) is 5.17. The van der Waals surface area contributed by atoms with E-state index in [2.05, 4.69) is 10.4 Å². The number of nitrogens with one attached hydrogen (secondary N) is 1. The summed E-state index contributed by atoms with van der Waals surface area (Å²) in [7, 11) is 0. The zero-order chi connectivity index (χ0) is 16.1. The first-order chi connectivity index (χ1) is 10.5. The highest BCUT2D eigenvalue weighted by Crippen LogP contribution is 2.13. The summed E-state index contributed by atoms with van der Waals surface area (Å²) >= 11 is 0. The molecule has 0 aliphatic carbocycles. The van der Waals surface area contributed by atoms with E-state index in [1.165, 1.54) is 16.8 Å². The zero-order valence-electron chi connectivity index (χ0n) is 12.7. The molecule has 2 aromatic rings. The number of halogens is 1. The Hall–Kier alpha value is -2.21. The fourth-order valence-electron chi connectivity index (χ4n) is 2.10. The van der Waals surface area contributed by atoms with E-state index in [-0.39, 0.29) is 17.4 Å². The molecule has 0 aliphatic rings. The van der Waals surface area contributed by atoms with Gasteiger partial charge in [0.15, 0.2) is 5.69 Å². The van der Waals surface area contributed by atoms with Crippen LogP contribution in [0.4, 0.5) is 4.39 Å². The molecule has 1 atom stereocenters. The van der Waals surface area contributed by atoms with E-state index in [9.17, 15) is 14.3 Å². The van der Waals surface area contributed by atoms with Crippen molar-refractivity contribution in [2.24, 2.45) is 0 Å². The Balaban J connectivity index is 2.07. The maximum absolute atomic E-state index is 13.3. The number of amides is 1. The summed E-state index contributed by atoms with van der Waals surface area (Å²) in [6.07, 6.45) is 0.751. The van der Waals surface area contributed by atoms with Crippen LogP contribution < -0.4 is 5.32 Å². The van der Waals surface area contributed by atoms with Crippen molar-refractivity contribution < 1.29 is 14.3 Å².